The number of likely N-dealkylation sites (tertiary alicyclic amines) is 2. The van der Waals surface area contributed by atoms with Crippen molar-refractivity contribution in [1.82, 2.24) is 15.1 Å². The Hall–Kier alpha value is -0.940. The van der Waals surface area contributed by atoms with E-state index >= 15 is 0 Å². The second-order valence-electron chi connectivity index (χ2n) is 6.12. The van der Waals surface area contributed by atoms with E-state index in [1.165, 1.54) is 17.7 Å². The number of imide groups is 1. The standard InChI is InChI=1S/C15H27N3O2/c1-3-7-18-14(19)11-13(15(18)20)16-6-10-17-8-4-12(2)5-9-17/h12-13,16H,3-11H2,1-2H3. The first kappa shape index (κ1) is 15.4. The van der Waals surface area contributed by atoms with Gasteiger partial charge in [-0.15, -0.1) is 0 Å². The lowest BCUT2D eigenvalue weighted by molar-refractivity contribution is -0.138. The molecule has 2 fully saturated rings. The molecule has 2 heterocycles. The molecular weight excluding hydrogens is 254 g/mol. The van der Waals surface area contributed by atoms with Gasteiger partial charge in [-0.05, 0) is 38.3 Å². The molecule has 114 valence electrons. The van der Waals surface area contributed by atoms with Crippen molar-refractivity contribution in [2.75, 3.05) is 32.7 Å². The fourth-order valence-corrected chi connectivity index (χ4v) is 2.98. The van der Waals surface area contributed by atoms with Crippen LogP contribution in [0, 0.1) is 5.92 Å². The molecule has 0 aromatic carbocycles. The summed E-state index contributed by atoms with van der Waals surface area (Å²) in [5.41, 5.74) is 0. The first-order valence-electron chi connectivity index (χ1n) is 7.91. The Balaban J connectivity index is 1.69. The molecule has 2 amide bonds. The Labute approximate surface area is 121 Å². The van der Waals surface area contributed by atoms with Crippen LogP contribution in [0.1, 0.15) is 39.5 Å². The van der Waals surface area contributed by atoms with Crippen molar-refractivity contribution in [3.63, 3.8) is 0 Å². The lowest BCUT2D eigenvalue weighted by Gasteiger charge is -2.30. The van der Waals surface area contributed by atoms with Crippen LogP contribution in [0.3, 0.4) is 0 Å². The number of nitrogens with one attached hydrogen (secondary N) is 1. The number of amides is 2. The van der Waals surface area contributed by atoms with Crippen LogP contribution in [0.25, 0.3) is 0 Å². The second-order valence-corrected chi connectivity index (χ2v) is 6.12. The second kappa shape index (κ2) is 7.18. The third kappa shape index (κ3) is 3.79. The third-order valence-corrected chi connectivity index (χ3v) is 4.39. The van der Waals surface area contributed by atoms with Gasteiger partial charge in [0.1, 0.15) is 0 Å². The highest BCUT2D eigenvalue weighted by Crippen LogP contribution is 2.16. The predicted molar refractivity (Wildman–Crippen MR) is 78.3 cm³/mol. The van der Waals surface area contributed by atoms with E-state index in [0.717, 1.165) is 38.5 Å². The number of rotatable bonds is 6. The van der Waals surface area contributed by atoms with Gasteiger partial charge in [0, 0.05) is 19.6 Å². The van der Waals surface area contributed by atoms with Gasteiger partial charge < -0.3 is 10.2 Å². The Morgan fingerprint density at radius 1 is 1.20 bits per heavy atom. The highest BCUT2D eigenvalue weighted by molar-refractivity contribution is 6.05. The summed E-state index contributed by atoms with van der Waals surface area (Å²) in [6, 6.07) is -0.294. The molecule has 0 aromatic heterocycles. The Morgan fingerprint density at radius 3 is 2.55 bits per heavy atom. The number of hydrogen-bond acceptors (Lipinski definition) is 4. The average Bonchev–Trinajstić information content (AvgIpc) is 2.69. The smallest absolute Gasteiger partial charge is 0.246 e. The summed E-state index contributed by atoms with van der Waals surface area (Å²) in [6.07, 6.45) is 3.70. The zero-order valence-corrected chi connectivity index (χ0v) is 12.7. The molecule has 1 unspecified atom stereocenters. The summed E-state index contributed by atoms with van der Waals surface area (Å²) < 4.78 is 0. The number of carbonyl (C=O) groups excluding carboxylic acids is 2. The van der Waals surface area contributed by atoms with Crippen molar-refractivity contribution < 1.29 is 9.59 Å². The van der Waals surface area contributed by atoms with E-state index < -0.39 is 0 Å². The van der Waals surface area contributed by atoms with Crippen molar-refractivity contribution in [2.45, 2.75) is 45.6 Å². The molecule has 20 heavy (non-hydrogen) atoms. The fraction of sp³-hybridized carbons (Fsp3) is 0.867. The number of piperidine rings is 1. The van der Waals surface area contributed by atoms with Gasteiger partial charge in [-0.25, -0.2) is 0 Å². The van der Waals surface area contributed by atoms with E-state index in [-0.39, 0.29) is 17.9 Å². The van der Waals surface area contributed by atoms with E-state index in [1.54, 1.807) is 0 Å². The van der Waals surface area contributed by atoms with Crippen molar-refractivity contribution >= 4 is 11.8 Å². The largest absolute Gasteiger partial charge is 0.304 e. The molecule has 1 atom stereocenters. The lowest BCUT2D eigenvalue weighted by atomic mass is 9.99. The fourth-order valence-electron chi connectivity index (χ4n) is 2.98. The molecule has 0 aliphatic carbocycles. The Morgan fingerprint density at radius 2 is 1.90 bits per heavy atom. The van der Waals surface area contributed by atoms with Gasteiger partial charge in [-0.3, -0.25) is 14.5 Å². The summed E-state index contributed by atoms with van der Waals surface area (Å²) in [7, 11) is 0. The number of hydrogen-bond donors (Lipinski definition) is 1. The minimum Gasteiger partial charge on any atom is -0.304 e. The predicted octanol–water partition coefficient (Wildman–Crippen LogP) is 0.845. The summed E-state index contributed by atoms with van der Waals surface area (Å²) in [5.74, 6) is 0.779. The molecule has 0 aromatic rings. The maximum absolute atomic E-state index is 12.1. The number of nitrogens with zero attached hydrogens (tertiary/aromatic N) is 2. The van der Waals surface area contributed by atoms with Gasteiger partial charge in [-0.1, -0.05) is 13.8 Å². The SMILES string of the molecule is CCCN1C(=O)CC(NCCN2CCC(C)CC2)C1=O. The lowest BCUT2D eigenvalue weighted by Crippen LogP contribution is -2.43. The van der Waals surface area contributed by atoms with Gasteiger partial charge in [0.05, 0.1) is 12.5 Å². The maximum atomic E-state index is 12.1. The van der Waals surface area contributed by atoms with Crippen LogP contribution in [0.15, 0.2) is 0 Å². The van der Waals surface area contributed by atoms with Crippen LogP contribution in [-0.4, -0.2) is 60.4 Å². The van der Waals surface area contributed by atoms with Crippen molar-refractivity contribution in [3.05, 3.63) is 0 Å². The monoisotopic (exact) mass is 281 g/mol. The molecule has 0 bridgehead atoms. The van der Waals surface area contributed by atoms with E-state index in [4.69, 9.17) is 0 Å². The van der Waals surface area contributed by atoms with Crippen LogP contribution >= 0.6 is 0 Å². The minimum absolute atomic E-state index is 0.0267. The summed E-state index contributed by atoms with van der Waals surface area (Å²) in [5, 5.41) is 3.25. The van der Waals surface area contributed by atoms with Gasteiger partial charge >= 0.3 is 0 Å². The molecular formula is C15H27N3O2. The van der Waals surface area contributed by atoms with Gasteiger partial charge in [0.15, 0.2) is 0 Å². The van der Waals surface area contributed by atoms with Gasteiger partial charge in [-0.2, -0.15) is 0 Å². The first-order valence-corrected chi connectivity index (χ1v) is 7.91. The van der Waals surface area contributed by atoms with E-state index in [2.05, 4.69) is 17.1 Å². The molecule has 2 aliphatic rings. The maximum Gasteiger partial charge on any atom is 0.246 e. The highest BCUT2D eigenvalue weighted by Gasteiger charge is 2.37. The Bertz CT molecular complexity index is 351. The molecule has 2 saturated heterocycles. The first-order chi connectivity index (χ1) is 9.61. The molecule has 0 spiro atoms. The summed E-state index contributed by atoms with van der Waals surface area (Å²) >= 11 is 0. The zero-order valence-electron chi connectivity index (χ0n) is 12.7. The highest BCUT2D eigenvalue weighted by atomic mass is 16.2. The molecule has 5 heteroatoms. The third-order valence-electron chi connectivity index (χ3n) is 4.39. The minimum atomic E-state index is -0.294. The van der Waals surface area contributed by atoms with Crippen molar-refractivity contribution in [2.24, 2.45) is 5.92 Å². The van der Waals surface area contributed by atoms with E-state index in [0.29, 0.717) is 13.0 Å². The van der Waals surface area contributed by atoms with Crippen LogP contribution in [0.4, 0.5) is 0 Å². The summed E-state index contributed by atoms with van der Waals surface area (Å²) in [4.78, 5) is 27.6. The Kier molecular flexibility index (Phi) is 5.54. The topological polar surface area (TPSA) is 52.7 Å². The molecule has 0 saturated carbocycles. The van der Waals surface area contributed by atoms with Crippen molar-refractivity contribution in [3.8, 4) is 0 Å². The van der Waals surface area contributed by atoms with Crippen LogP contribution in [0.5, 0.6) is 0 Å². The average molecular weight is 281 g/mol. The van der Waals surface area contributed by atoms with Crippen molar-refractivity contribution in [1.29, 1.82) is 0 Å². The van der Waals surface area contributed by atoms with E-state index in [9.17, 15) is 9.59 Å². The van der Waals surface area contributed by atoms with Crippen LogP contribution in [-0.2, 0) is 9.59 Å². The normalized spacial score (nSPS) is 25.7. The van der Waals surface area contributed by atoms with Gasteiger partial charge in [0.2, 0.25) is 11.8 Å². The number of carbonyl (C=O) groups is 2. The van der Waals surface area contributed by atoms with Crippen LogP contribution < -0.4 is 5.32 Å². The molecule has 2 rings (SSSR count). The van der Waals surface area contributed by atoms with E-state index in [1.807, 2.05) is 6.92 Å². The molecule has 0 radical (unpaired) electrons. The van der Waals surface area contributed by atoms with Gasteiger partial charge in [0.25, 0.3) is 0 Å². The molecule has 1 N–H and O–H groups in total. The zero-order chi connectivity index (χ0) is 14.5. The molecule has 2 aliphatic heterocycles. The molecule has 5 nitrogen and oxygen atoms in total. The van der Waals surface area contributed by atoms with Crippen LogP contribution in [0.2, 0.25) is 0 Å². The summed E-state index contributed by atoms with van der Waals surface area (Å²) in [6.45, 7) is 8.92. The quantitative estimate of drug-likeness (QED) is 0.733.